The summed E-state index contributed by atoms with van der Waals surface area (Å²) >= 11 is 0. The van der Waals surface area contributed by atoms with Gasteiger partial charge in [-0.15, -0.1) is 12.3 Å². The van der Waals surface area contributed by atoms with Gasteiger partial charge in [0, 0.05) is 36.4 Å². The van der Waals surface area contributed by atoms with Crippen molar-refractivity contribution in [2.75, 3.05) is 26.2 Å². The third kappa shape index (κ3) is 8.78. The molecule has 0 spiro atoms. The van der Waals surface area contributed by atoms with E-state index in [2.05, 4.69) is 26.6 Å². The molecule has 0 saturated carbocycles. The molecule has 0 rings (SSSR count). The minimum absolute atomic E-state index is 0.0900. The molecule has 0 aromatic heterocycles. The van der Waals surface area contributed by atoms with Crippen molar-refractivity contribution in [1.29, 1.82) is 0 Å². The van der Waals surface area contributed by atoms with Crippen LogP contribution in [0, 0.1) is 23.2 Å². The number of terminal acetylenes is 1. The summed E-state index contributed by atoms with van der Waals surface area (Å²) in [5.41, 5.74) is 12.1. The highest BCUT2D eigenvalue weighted by molar-refractivity contribution is 5.86. The number of azide groups is 1. The number of aliphatic hydroxyl groups is 1. The lowest BCUT2D eigenvalue weighted by Crippen LogP contribution is -2.49. The van der Waals surface area contributed by atoms with E-state index < -0.39 is 16.9 Å². The van der Waals surface area contributed by atoms with Crippen molar-refractivity contribution in [2.45, 2.75) is 52.6 Å². The Hall–Kier alpha value is -2.27. The maximum Gasteiger partial charge on any atom is 0.226 e. The average Bonchev–Trinajstić information content (AvgIpc) is 2.62. The number of nitrogens with two attached hydrogens (primary N) is 1. The minimum atomic E-state index is -1.09. The number of nitrogens with one attached hydrogen (secondary N) is 2. The van der Waals surface area contributed by atoms with Gasteiger partial charge in [-0.3, -0.25) is 9.59 Å². The van der Waals surface area contributed by atoms with Crippen molar-refractivity contribution in [3.8, 4) is 12.3 Å². The van der Waals surface area contributed by atoms with E-state index in [-0.39, 0.29) is 31.3 Å². The van der Waals surface area contributed by atoms with E-state index >= 15 is 0 Å². The fourth-order valence-corrected chi connectivity index (χ4v) is 2.86. The van der Waals surface area contributed by atoms with Crippen LogP contribution in [0.4, 0.5) is 0 Å². The van der Waals surface area contributed by atoms with Gasteiger partial charge >= 0.3 is 0 Å². The maximum absolute atomic E-state index is 12.8. The number of nitrogens with zero attached hydrogens (tertiary/aromatic N) is 3. The van der Waals surface area contributed by atoms with Crippen molar-refractivity contribution in [2.24, 2.45) is 21.7 Å². The lowest BCUT2D eigenvalue weighted by molar-refractivity contribution is -0.137. The van der Waals surface area contributed by atoms with Gasteiger partial charge in [0.05, 0.1) is 11.5 Å². The van der Waals surface area contributed by atoms with E-state index in [0.717, 1.165) is 0 Å². The first-order chi connectivity index (χ1) is 12.6. The molecule has 0 aliphatic rings. The van der Waals surface area contributed by atoms with Crippen molar-refractivity contribution in [1.82, 2.24) is 10.6 Å². The fourth-order valence-electron chi connectivity index (χ4n) is 2.86. The first kappa shape index (κ1) is 24.7. The van der Waals surface area contributed by atoms with Crippen molar-refractivity contribution >= 4 is 11.8 Å². The highest BCUT2D eigenvalue weighted by Gasteiger charge is 2.43. The minimum Gasteiger partial charge on any atom is -0.392 e. The zero-order chi connectivity index (χ0) is 20.9. The third-order valence-corrected chi connectivity index (χ3v) is 4.41. The van der Waals surface area contributed by atoms with E-state index in [1.54, 1.807) is 20.8 Å². The van der Waals surface area contributed by atoms with Gasteiger partial charge in [-0.25, -0.2) is 0 Å². The van der Waals surface area contributed by atoms with Gasteiger partial charge in [0.25, 0.3) is 0 Å². The topological polar surface area (TPSA) is 153 Å². The van der Waals surface area contributed by atoms with E-state index in [1.165, 1.54) is 0 Å². The molecule has 0 saturated heterocycles. The largest absolute Gasteiger partial charge is 0.392 e. The van der Waals surface area contributed by atoms with Crippen LogP contribution in [0.3, 0.4) is 0 Å². The molecule has 0 aromatic rings. The van der Waals surface area contributed by atoms with E-state index in [0.29, 0.717) is 32.4 Å². The Morgan fingerprint density at radius 1 is 1.33 bits per heavy atom. The number of carbonyl (C=O) groups excluding carboxylic acids is 2. The number of rotatable bonds is 13. The fraction of sp³-hybridized carbons (Fsp3) is 0.778. The number of hydrogen-bond donors (Lipinski definition) is 4. The molecule has 3 atom stereocenters. The van der Waals surface area contributed by atoms with Gasteiger partial charge in [-0.05, 0) is 38.3 Å². The van der Waals surface area contributed by atoms with Crippen molar-refractivity contribution < 1.29 is 14.7 Å². The van der Waals surface area contributed by atoms with Crippen LogP contribution in [0.15, 0.2) is 5.11 Å². The molecule has 2 amide bonds. The normalized spacial score (nSPS) is 16.0. The summed E-state index contributed by atoms with van der Waals surface area (Å²) in [7, 11) is 0. The summed E-state index contributed by atoms with van der Waals surface area (Å²) in [6.07, 6.45) is 6.14. The smallest absolute Gasteiger partial charge is 0.226 e. The molecule has 0 radical (unpaired) electrons. The quantitative estimate of drug-likeness (QED) is 0.124. The van der Waals surface area contributed by atoms with Crippen LogP contribution in [0.25, 0.3) is 10.4 Å². The third-order valence-electron chi connectivity index (χ3n) is 4.41. The Kier molecular flexibility index (Phi) is 11.2. The Morgan fingerprint density at radius 3 is 2.48 bits per heavy atom. The highest BCUT2D eigenvalue weighted by atomic mass is 16.3. The molecule has 5 N–H and O–H groups in total. The predicted molar refractivity (Wildman–Crippen MR) is 104 cm³/mol. The van der Waals surface area contributed by atoms with Crippen LogP contribution in [0.2, 0.25) is 0 Å². The first-order valence-corrected chi connectivity index (χ1v) is 9.04. The SMILES string of the molecule is C#CCCC(C)(CC(C)(CN=[N+]=[N-])C(=O)NCCCN)C(=O)NCC(C)O. The summed E-state index contributed by atoms with van der Waals surface area (Å²) in [6, 6.07) is 0. The van der Waals surface area contributed by atoms with Crippen molar-refractivity contribution in [3.63, 3.8) is 0 Å². The number of aliphatic hydroxyl groups excluding tert-OH is 1. The van der Waals surface area contributed by atoms with Crippen LogP contribution in [-0.4, -0.2) is 49.2 Å². The van der Waals surface area contributed by atoms with Crippen LogP contribution in [0.1, 0.15) is 46.5 Å². The molecule has 0 aliphatic carbocycles. The van der Waals surface area contributed by atoms with Crippen molar-refractivity contribution in [3.05, 3.63) is 10.4 Å². The number of amides is 2. The Bertz CT molecular complexity index is 582. The summed E-state index contributed by atoms with van der Waals surface area (Å²) in [4.78, 5) is 28.3. The summed E-state index contributed by atoms with van der Waals surface area (Å²) in [5.74, 6) is 1.91. The van der Waals surface area contributed by atoms with Gasteiger partial charge in [-0.2, -0.15) is 0 Å². The molecule has 0 heterocycles. The Morgan fingerprint density at radius 2 is 1.96 bits per heavy atom. The second-order valence-electron chi connectivity index (χ2n) is 7.35. The van der Waals surface area contributed by atoms with Crippen LogP contribution in [0.5, 0.6) is 0 Å². The van der Waals surface area contributed by atoms with Crippen LogP contribution < -0.4 is 16.4 Å². The van der Waals surface area contributed by atoms with Gasteiger partial charge in [-0.1, -0.05) is 19.0 Å². The van der Waals surface area contributed by atoms with Gasteiger partial charge < -0.3 is 21.5 Å². The molecule has 9 nitrogen and oxygen atoms in total. The van der Waals surface area contributed by atoms with Gasteiger partial charge in [0.2, 0.25) is 11.8 Å². The Balaban J connectivity index is 5.55. The monoisotopic (exact) mass is 380 g/mol. The summed E-state index contributed by atoms with van der Waals surface area (Å²) < 4.78 is 0. The molecule has 3 unspecified atom stereocenters. The second kappa shape index (κ2) is 12.2. The zero-order valence-electron chi connectivity index (χ0n) is 16.5. The molecule has 9 heteroatoms. The van der Waals surface area contributed by atoms with E-state index in [4.69, 9.17) is 17.7 Å². The van der Waals surface area contributed by atoms with E-state index in [9.17, 15) is 14.7 Å². The number of carbonyl (C=O) groups is 2. The Labute approximate surface area is 161 Å². The van der Waals surface area contributed by atoms with Gasteiger partial charge in [0.1, 0.15) is 0 Å². The predicted octanol–water partition coefficient (Wildman–Crippen LogP) is 1.07. The molecular formula is C18H32N6O3. The molecule has 0 bridgehead atoms. The molecule has 0 fully saturated rings. The summed E-state index contributed by atoms with van der Waals surface area (Å²) in [5, 5.41) is 18.5. The first-order valence-electron chi connectivity index (χ1n) is 9.04. The molecule has 27 heavy (non-hydrogen) atoms. The lowest BCUT2D eigenvalue weighted by Gasteiger charge is -2.37. The number of hydrogen-bond acceptors (Lipinski definition) is 5. The maximum atomic E-state index is 12.8. The van der Waals surface area contributed by atoms with E-state index in [1.807, 2.05) is 0 Å². The average molecular weight is 380 g/mol. The molecule has 0 aliphatic heterocycles. The van der Waals surface area contributed by atoms with Gasteiger partial charge in [0.15, 0.2) is 0 Å². The summed E-state index contributed by atoms with van der Waals surface area (Å²) in [6.45, 7) is 5.80. The molecular weight excluding hydrogens is 348 g/mol. The molecule has 0 aromatic carbocycles. The second-order valence-corrected chi connectivity index (χ2v) is 7.35. The zero-order valence-corrected chi connectivity index (χ0v) is 16.5. The highest BCUT2D eigenvalue weighted by Crippen LogP contribution is 2.38. The van der Waals surface area contributed by atoms with Crippen LogP contribution >= 0.6 is 0 Å². The standard InChI is InChI=1S/C18H32N6O3/c1-5-6-8-17(3,15(26)22-11-14(2)25)12-18(4,13-23-24-20)16(27)21-10-7-9-19/h1,14,25H,6-13,19H2,2-4H3,(H,21,27)(H,22,26). The molecule has 152 valence electrons. The van der Waals surface area contributed by atoms with Crippen LogP contribution in [-0.2, 0) is 9.59 Å². The lowest BCUT2D eigenvalue weighted by atomic mass is 9.69.